The van der Waals surface area contributed by atoms with Crippen LogP contribution in [0.15, 0.2) is 4.79 Å². The summed E-state index contributed by atoms with van der Waals surface area (Å²) in [7, 11) is 0. The summed E-state index contributed by atoms with van der Waals surface area (Å²) in [4.78, 5) is 59.2. The molecule has 1 saturated heterocycles. The lowest BCUT2D eigenvalue weighted by Crippen LogP contribution is -2.44. The SMILES string of the molecule is Cc1sc2nc([C@@H](C)OC(=O)CN3C(=O)NC4(CCCC4)C3=O)[nH]c(=O)c2c1C. The number of fused-ring (bicyclic) bond motifs is 1. The predicted octanol–water partition coefficient (Wildman–Crippen LogP) is 2.07. The number of nitrogens with one attached hydrogen (secondary N) is 2. The van der Waals surface area contributed by atoms with Gasteiger partial charge in [0.05, 0.1) is 5.39 Å². The number of H-pyrrole nitrogens is 1. The van der Waals surface area contributed by atoms with Crippen LogP contribution in [-0.2, 0) is 14.3 Å². The molecule has 154 valence electrons. The molecular formula is C19H22N4O5S. The Kier molecular flexibility index (Phi) is 4.68. The maximum atomic E-state index is 12.6. The Hall–Kier alpha value is -2.75. The number of hydrogen-bond acceptors (Lipinski definition) is 7. The number of carbonyl (C=O) groups excluding carboxylic acids is 3. The molecule has 2 N–H and O–H groups in total. The van der Waals surface area contributed by atoms with E-state index in [-0.39, 0.29) is 17.3 Å². The number of thiophene rings is 1. The highest BCUT2D eigenvalue weighted by atomic mass is 32.1. The first-order chi connectivity index (χ1) is 13.7. The van der Waals surface area contributed by atoms with Crippen molar-refractivity contribution in [1.29, 1.82) is 0 Å². The third kappa shape index (κ3) is 3.21. The second kappa shape index (κ2) is 6.94. The van der Waals surface area contributed by atoms with Crippen LogP contribution in [0.5, 0.6) is 0 Å². The van der Waals surface area contributed by atoms with E-state index >= 15 is 0 Å². The van der Waals surface area contributed by atoms with Crippen LogP contribution in [0.25, 0.3) is 10.2 Å². The fourth-order valence-corrected chi connectivity index (χ4v) is 5.06. The van der Waals surface area contributed by atoms with Crippen LogP contribution in [0.2, 0.25) is 0 Å². The highest BCUT2D eigenvalue weighted by Crippen LogP contribution is 2.35. The number of nitrogens with zero attached hydrogens (tertiary/aromatic N) is 2. The molecule has 0 unspecified atom stereocenters. The molecule has 9 nitrogen and oxygen atoms in total. The highest BCUT2D eigenvalue weighted by molar-refractivity contribution is 7.18. The molecule has 0 aromatic carbocycles. The molecule has 1 atom stereocenters. The summed E-state index contributed by atoms with van der Waals surface area (Å²) in [5.74, 6) is -0.888. The number of rotatable bonds is 4. The fourth-order valence-electron chi connectivity index (χ4n) is 4.02. The van der Waals surface area contributed by atoms with E-state index in [4.69, 9.17) is 4.74 Å². The summed E-state index contributed by atoms with van der Waals surface area (Å²) < 4.78 is 5.35. The molecule has 2 aliphatic rings. The summed E-state index contributed by atoms with van der Waals surface area (Å²) in [6, 6.07) is -0.570. The molecule has 10 heteroatoms. The number of imide groups is 1. The first-order valence-corrected chi connectivity index (χ1v) is 10.4. The van der Waals surface area contributed by atoms with E-state index in [1.54, 1.807) is 6.92 Å². The summed E-state index contributed by atoms with van der Waals surface area (Å²) in [6.07, 6.45) is 2.08. The van der Waals surface area contributed by atoms with E-state index in [9.17, 15) is 19.2 Å². The molecule has 0 bridgehead atoms. The third-order valence-corrected chi connectivity index (χ3v) is 6.84. The van der Waals surface area contributed by atoms with Crippen LogP contribution in [-0.4, -0.2) is 44.9 Å². The number of urea groups is 1. The maximum absolute atomic E-state index is 12.6. The smallest absolute Gasteiger partial charge is 0.326 e. The van der Waals surface area contributed by atoms with Gasteiger partial charge in [-0.3, -0.25) is 19.3 Å². The van der Waals surface area contributed by atoms with Crippen molar-refractivity contribution >= 4 is 39.5 Å². The van der Waals surface area contributed by atoms with Crippen LogP contribution in [0.3, 0.4) is 0 Å². The second-order valence-corrected chi connectivity index (χ2v) is 8.86. The van der Waals surface area contributed by atoms with Gasteiger partial charge in [-0.1, -0.05) is 12.8 Å². The van der Waals surface area contributed by atoms with Crippen LogP contribution < -0.4 is 10.9 Å². The third-order valence-electron chi connectivity index (χ3n) is 5.74. The number of esters is 1. The number of carbonyl (C=O) groups is 3. The highest BCUT2D eigenvalue weighted by Gasteiger charge is 2.52. The van der Waals surface area contributed by atoms with E-state index in [0.29, 0.717) is 23.1 Å². The van der Waals surface area contributed by atoms with Gasteiger partial charge in [0.1, 0.15) is 16.9 Å². The van der Waals surface area contributed by atoms with Gasteiger partial charge in [-0.05, 0) is 39.2 Å². The Morgan fingerprint density at radius 2 is 1.97 bits per heavy atom. The van der Waals surface area contributed by atoms with Crippen molar-refractivity contribution in [3.63, 3.8) is 0 Å². The first-order valence-electron chi connectivity index (χ1n) is 9.55. The van der Waals surface area contributed by atoms with Gasteiger partial charge in [0, 0.05) is 4.88 Å². The van der Waals surface area contributed by atoms with Crippen molar-refractivity contribution < 1.29 is 19.1 Å². The molecule has 2 fully saturated rings. The standard InChI is InChI=1S/C19H22N4O5S/c1-9-11(3)29-16-13(9)15(25)20-14(21-16)10(2)28-12(24)8-23-17(26)19(22-18(23)27)6-4-5-7-19/h10H,4-8H2,1-3H3,(H,22,27)(H,20,21,25)/t10-/m1/s1. The molecule has 0 radical (unpaired) electrons. The average Bonchev–Trinajstić information content (AvgIpc) is 3.30. The number of aromatic amines is 1. The normalized spacial score (nSPS) is 19.2. The van der Waals surface area contributed by atoms with Crippen molar-refractivity contribution in [2.24, 2.45) is 0 Å². The average molecular weight is 418 g/mol. The lowest BCUT2D eigenvalue weighted by molar-refractivity contribution is -0.152. The molecule has 1 saturated carbocycles. The number of aryl methyl sites for hydroxylation is 2. The Balaban J connectivity index is 1.47. The Labute approximate surface area is 170 Å². The summed E-state index contributed by atoms with van der Waals surface area (Å²) >= 11 is 1.40. The van der Waals surface area contributed by atoms with Crippen LogP contribution in [0, 0.1) is 13.8 Å². The zero-order valence-corrected chi connectivity index (χ0v) is 17.3. The molecule has 3 amide bonds. The summed E-state index contributed by atoms with van der Waals surface area (Å²) in [5, 5.41) is 3.26. The molecule has 2 aromatic rings. The molecule has 3 heterocycles. The Morgan fingerprint density at radius 3 is 2.66 bits per heavy atom. The molecule has 1 spiro atoms. The molecule has 1 aliphatic heterocycles. The lowest BCUT2D eigenvalue weighted by Gasteiger charge is -2.20. The van der Waals surface area contributed by atoms with Gasteiger partial charge in [0.15, 0.2) is 11.9 Å². The van der Waals surface area contributed by atoms with Gasteiger partial charge in [-0.25, -0.2) is 9.78 Å². The first kappa shape index (κ1) is 19.6. The van der Waals surface area contributed by atoms with Gasteiger partial charge in [0.25, 0.3) is 11.5 Å². The van der Waals surface area contributed by atoms with Gasteiger partial charge in [0.2, 0.25) is 0 Å². The summed E-state index contributed by atoms with van der Waals surface area (Å²) in [5.41, 5.74) is -0.267. The minimum Gasteiger partial charge on any atom is -0.453 e. The van der Waals surface area contributed by atoms with Gasteiger partial charge < -0.3 is 15.0 Å². The molecule has 4 rings (SSSR count). The van der Waals surface area contributed by atoms with Crippen molar-refractivity contribution in [3.05, 3.63) is 26.6 Å². The van der Waals surface area contributed by atoms with Crippen LogP contribution in [0.1, 0.15) is 55.0 Å². The molecule has 2 aromatic heterocycles. The number of amides is 3. The minimum atomic E-state index is -0.865. The number of hydrogen-bond donors (Lipinski definition) is 2. The zero-order chi connectivity index (χ0) is 20.9. The predicted molar refractivity (Wildman–Crippen MR) is 106 cm³/mol. The van der Waals surface area contributed by atoms with Gasteiger partial charge in [-0.15, -0.1) is 11.3 Å². The minimum absolute atomic E-state index is 0.224. The van der Waals surface area contributed by atoms with E-state index < -0.39 is 30.2 Å². The fraction of sp³-hybridized carbons (Fsp3) is 0.526. The zero-order valence-electron chi connectivity index (χ0n) is 16.5. The van der Waals surface area contributed by atoms with E-state index in [0.717, 1.165) is 28.2 Å². The maximum Gasteiger partial charge on any atom is 0.326 e. The van der Waals surface area contributed by atoms with Crippen LogP contribution in [0.4, 0.5) is 4.79 Å². The summed E-state index contributed by atoms with van der Waals surface area (Å²) in [6.45, 7) is 4.89. The number of ether oxygens (including phenoxy) is 1. The molecular weight excluding hydrogens is 396 g/mol. The van der Waals surface area contributed by atoms with E-state index in [2.05, 4.69) is 15.3 Å². The van der Waals surface area contributed by atoms with E-state index in [1.165, 1.54) is 11.3 Å². The van der Waals surface area contributed by atoms with Crippen molar-refractivity contribution in [2.45, 2.75) is 58.1 Å². The van der Waals surface area contributed by atoms with Crippen molar-refractivity contribution in [3.8, 4) is 0 Å². The monoisotopic (exact) mass is 418 g/mol. The Bertz CT molecular complexity index is 1080. The Morgan fingerprint density at radius 1 is 1.28 bits per heavy atom. The largest absolute Gasteiger partial charge is 0.453 e. The van der Waals surface area contributed by atoms with Crippen LogP contribution >= 0.6 is 11.3 Å². The van der Waals surface area contributed by atoms with E-state index in [1.807, 2.05) is 13.8 Å². The van der Waals surface area contributed by atoms with Gasteiger partial charge >= 0.3 is 12.0 Å². The van der Waals surface area contributed by atoms with Gasteiger partial charge in [-0.2, -0.15) is 0 Å². The number of aromatic nitrogens is 2. The molecule has 1 aliphatic carbocycles. The van der Waals surface area contributed by atoms with Crippen molar-refractivity contribution in [1.82, 2.24) is 20.2 Å². The second-order valence-electron chi connectivity index (χ2n) is 7.66. The topological polar surface area (TPSA) is 121 Å². The lowest BCUT2D eigenvalue weighted by atomic mass is 9.98. The quantitative estimate of drug-likeness (QED) is 0.579. The molecule has 29 heavy (non-hydrogen) atoms. The van der Waals surface area contributed by atoms with Crippen molar-refractivity contribution in [2.75, 3.05) is 6.54 Å².